The molecule has 14 heteroatoms. The number of nitrogen functional groups attached to an aromatic ring is 3. The largest absolute Gasteiger partial charge is 0.472 e. The van der Waals surface area contributed by atoms with Crippen LogP contribution in [0, 0.1) is 6.92 Å². The molecule has 0 saturated carbocycles. The number of nitrogens with one attached hydrogen (secondary N) is 2. The maximum Gasteiger partial charge on any atom is 0.231 e. The number of rotatable bonds is 10. The molecule has 0 fully saturated rings. The van der Waals surface area contributed by atoms with Gasteiger partial charge in [0.05, 0.1) is 12.5 Å². The molecule has 178 valence electrons. The maximum absolute atomic E-state index is 5.92. The van der Waals surface area contributed by atoms with Gasteiger partial charge in [0.1, 0.15) is 0 Å². The topological polar surface area (TPSA) is 196 Å². The molecule has 0 atom stereocenters. The number of likely N-dealkylation sites (N-methyl/N-ethyl adjacent to an activating group) is 1. The van der Waals surface area contributed by atoms with Crippen LogP contribution in [0.4, 0.5) is 35.7 Å². The van der Waals surface area contributed by atoms with Gasteiger partial charge in [0.2, 0.25) is 35.7 Å². The second-order valence-corrected chi connectivity index (χ2v) is 8.52. The summed E-state index contributed by atoms with van der Waals surface area (Å²) >= 11 is 1.67. The number of hydrogen-bond donors (Lipinski definition) is 5. The van der Waals surface area contributed by atoms with E-state index in [9.17, 15) is 0 Å². The van der Waals surface area contributed by atoms with Crippen molar-refractivity contribution in [3.05, 3.63) is 45.5 Å². The van der Waals surface area contributed by atoms with Crippen LogP contribution in [0.2, 0.25) is 0 Å². The van der Waals surface area contributed by atoms with Gasteiger partial charge in [-0.2, -0.15) is 29.9 Å². The van der Waals surface area contributed by atoms with Crippen LogP contribution >= 0.6 is 11.3 Å². The molecule has 13 nitrogen and oxygen atoms in total. The molecule has 0 unspecified atom stereocenters. The summed E-state index contributed by atoms with van der Waals surface area (Å²) in [5.74, 6) is 1.55. The number of thiophene rings is 1. The number of nitrogens with zero attached hydrogens (tertiary/aromatic N) is 7. The van der Waals surface area contributed by atoms with E-state index in [0.29, 0.717) is 37.5 Å². The van der Waals surface area contributed by atoms with Gasteiger partial charge < -0.3 is 37.2 Å². The number of anilines is 6. The van der Waals surface area contributed by atoms with Gasteiger partial charge in [-0.05, 0) is 35.9 Å². The van der Waals surface area contributed by atoms with Crippen LogP contribution in [0.25, 0.3) is 0 Å². The van der Waals surface area contributed by atoms with Crippen molar-refractivity contribution in [3.8, 4) is 0 Å². The van der Waals surface area contributed by atoms with E-state index in [1.807, 2.05) is 24.3 Å². The Balaban J connectivity index is 1.35. The first-order valence-corrected chi connectivity index (χ1v) is 11.3. The van der Waals surface area contributed by atoms with Gasteiger partial charge in [0, 0.05) is 37.1 Å². The third-order valence-electron chi connectivity index (χ3n) is 5.00. The third kappa shape index (κ3) is 5.78. The quantitative estimate of drug-likeness (QED) is 0.219. The lowest BCUT2D eigenvalue weighted by molar-refractivity contribution is 0.563. The van der Waals surface area contributed by atoms with Gasteiger partial charge in [-0.25, -0.2) is 0 Å². The highest BCUT2D eigenvalue weighted by Gasteiger charge is 2.12. The van der Waals surface area contributed by atoms with Crippen molar-refractivity contribution in [2.45, 2.75) is 26.4 Å². The Kier molecular flexibility index (Phi) is 6.87. The zero-order chi connectivity index (χ0) is 24.1. The summed E-state index contributed by atoms with van der Waals surface area (Å²) in [5.41, 5.74) is 20.4. The molecule has 0 aliphatic carbocycles. The average molecular weight is 483 g/mol. The molecule has 4 aromatic heterocycles. The normalized spacial score (nSPS) is 10.9. The molecule has 0 aliphatic rings. The zero-order valence-electron chi connectivity index (χ0n) is 18.8. The van der Waals surface area contributed by atoms with E-state index in [2.05, 4.69) is 46.6 Å². The molecule has 0 radical (unpaired) electrons. The van der Waals surface area contributed by atoms with E-state index in [1.54, 1.807) is 23.9 Å². The van der Waals surface area contributed by atoms with Gasteiger partial charge in [0.25, 0.3) is 0 Å². The van der Waals surface area contributed by atoms with E-state index < -0.39 is 0 Å². The standard InChI is InChI=1S/C20H26N12OS/c1-11-9-33-10-13(11)8-25-19-29-17(23)30-20(31-19)32(2)5-3-14-12(4-6-34-14)7-24-18-27-15(21)26-16(22)28-18/h4,6,9-10H,3,5,7-8H2,1-2H3,(H3,23,25,29,30,31)(H5,21,22,24,26,27,28). The van der Waals surface area contributed by atoms with Gasteiger partial charge in [-0.15, -0.1) is 11.3 Å². The lowest BCUT2D eigenvalue weighted by Crippen LogP contribution is -2.24. The molecule has 0 aliphatic heterocycles. The fourth-order valence-electron chi connectivity index (χ4n) is 3.15. The molecule has 0 bridgehead atoms. The van der Waals surface area contributed by atoms with E-state index >= 15 is 0 Å². The first-order valence-electron chi connectivity index (χ1n) is 10.4. The SMILES string of the molecule is Cc1cocc1CNc1nc(N)nc(N(C)CCc2sccc2CNc2nc(N)nc(N)n2)n1. The highest BCUT2D eigenvalue weighted by Crippen LogP contribution is 2.20. The van der Waals surface area contributed by atoms with Crippen LogP contribution in [0.3, 0.4) is 0 Å². The van der Waals surface area contributed by atoms with Crippen molar-refractivity contribution in [2.75, 3.05) is 46.3 Å². The molecular weight excluding hydrogens is 456 g/mol. The molecule has 4 heterocycles. The average Bonchev–Trinajstić information content (AvgIpc) is 3.41. The second-order valence-electron chi connectivity index (χ2n) is 7.52. The van der Waals surface area contributed by atoms with Crippen LogP contribution in [-0.4, -0.2) is 43.5 Å². The van der Waals surface area contributed by atoms with Gasteiger partial charge in [-0.1, -0.05) is 0 Å². The van der Waals surface area contributed by atoms with Crippen molar-refractivity contribution in [3.63, 3.8) is 0 Å². The Morgan fingerprint density at radius 1 is 0.882 bits per heavy atom. The molecule has 8 N–H and O–H groups in total. The Morgan fingerprint density at radius 3 is 2.21 bits per heavy atom. The van der Waals surface area contributed by atoms with Crippen molar-refractivity contribution in [1.82, 2.24) is 29.9 Å². The summed E-state index contributed by atoms with van der Waals surface area (Å²) < 4.78 is 5.20. The van der Waals surface area contributed by atoms with Crippen LogP contribution in [-0.2, 0) is 19.5 Å². The lowest BCUT2D eigenvalue weighted by Gasteiger charge is -2.18. The predicted molar refractivity (Wildman–Crippen MR) is 132 cm³/mol. The lowest BCUT2D eigenvalue weighted by atomic mass is 10.2. The molecule has 34 heavy (non-hydrogen) atoms. The third-order valence-corrected chi connectivity index (χ3v) is 6.02. The Labute approximate surface area is 199 Å². The van der Waals surface area contributed by atoms with E-state index in [4.69, 9.17) is 21.6 Å². The number of hydrogen-bond acceptors (Lipinski definition) is 14. The smallest absolute Gasteiger partial charge is 0.231 e. The van der Waals surface area contributed by atoms with Crippen molar-refractivity contribution in [1.29, 1.82) is 0 Å². The molecule has 0 amide bonds. The zero-order valence-corrected chi connectivity index (χ0v) is 19.6. The molecule has 0 saturated heterocycles. The molecule has 0 spiro atoms. The molecule has 4 aromatic rings. The fraction of sp³-hybridized carbons (Fsp3) is 0.300. The fourth-order valence-corrected chi connectivity index (χ4v) is 4.05. The number of furan rings is 1. The summed E-state index contributed by atoms with van der Waals surface area (Å²) in [7, 11) is 1.92. The highest BCUT2D eigenvalue weighted by molar-refractivity contribution is 7.10. The summed E-state index contributed by atoms with van der Waals surface area (Å²) in [6.07, 6.45) is 4.18. The van der Waals surface area contributed by atoms with Crippen LogP contribution in [0.1, 0.15) is 21.6 Å². The molecule has 4 rings (SSSR count). The minimum Gasteiger partial charge on any atom is -0.472 e. The second kappa shape index (κ2) is 10.2. The monoisotopic (exact) mass is 482 g/mol. The first kappa shape index (κ1) is 23.0. The highest BCUT2D eigenvalue weighted by atomic mass is 32.1. The van der Waals surface area contributed by atoms with Crippen LogP contribution < -0.4 is 32.7 Å². The number of aryl methyl sites for hydroxylation is 1. The molecular formula is C20H26N12OS. The minimum atomic E-state index is 0.0764. The number of aromatic nitrogens is 6. The van der Waals surface area contributed by atoms with E-state index in [-0.39, 0.29) is 17.8 Å². The van der Waals surface area contributed by atoms with E-state index in [0.717, 1.165) is 23.1 Å². The van der Waals surface area contributed by atoms with Gasteiger partial charge in [0.15, 0.2) is 0 Å². The van der Waals surface area contributed by atoms with Crippen LogP contribution in [0.15, 0.2) is 28.4 Å². The van der Waals surface area contributed by atoms with Gasteiger partial charge >= 0.3 is 0 Å². The maximum atomic E-state index is 5.92. The van der Waals surface area contributed by atoms with Gasteiger partial charge in [-0.3, -0.25) is 0 Å². The summed E-state index contributed by atoms with van der Waals surface area (Å²) in [5, 5.41) is 8.36. The molecule has 0 aromatic carbocycles. The van der Waals surface area contributed by atoms with Crippen molar-refractivity contribution >= 4 is 47.0 Å². The predicted octanol–water partition coefficient (Wildman–Crippen LogP) is 1.67. The van der Waals surface area contributed by atoms with E-state index in [1.165, 1.54) is 4.88 Å². The Bertz CT molecular complexity index is 1240. The first-order chi connectivity index (χ1) is 16.4. The van der Waals surface area contributed by atoms with Crippen molar-refractivity contribution < 1.29 is 4.42 Å². The summed E-state index contributed by atoms with van der Waals surface area (Å²) in [6.45, 7) is 3.72. The Morgan fingerprint density at radius 2 is 1.53 bits per heavy atom. The van der Waals surface area contributed by atoms with Crippen LogP contribution in [0.5, 0.6) is 0 Å². The number of nitrogens with two attached hydrogens (primary N) is 3. The minimum absolute atomic E-state index is 0.0764. The summed E-state index contributed by atoms with van der Waals surface area (Å²) in [6, 6.07) is 2.06. The summed E-state index contributed by atoms with van der Waals surface area (Å²) in [4.78, 5) is 28.0. The van der Waals surface area contributed by atoms with Crippen molar-refractivity contribution in [2.24, 2.45) is 0 Å². The Hall–Kier alpha value is -4.20.